The van der Waals surface area contributed by atoms with E-state index in [1.807, 2.05) is 0 Å². The van der Waals surface area contributed by atoms with Crippen molar-refractivity contribution in [3.63, 3.8) is 0 Å². The molecule has 3 rings (SSSR count). The lowest BCUT2D eigenvalue weighted by molar-refractivity contribution is -0.173. The van der Waals surface area contributed by atoms with Crippen molar-refractivity contribution in [3.05, 3.63) is 0 Å². The van der Waals surface area contributed by atoms with Gasteiger partial charge in [0.1, 0.15) is 0 Å². The normalized spacial score (nSPS) is 57.2. The Kier molecular flexibility index (Phi) is 1.48. The molecule has 0 aromatic rings. The monoisotopic (exact) mass is 170 g/mol. The first-order valence-electron chi connectivity index (χ1n) is 4.77. The quantitative estimate of drug-likeness (QED) is 0.571. The van der Waals surface area contributed by atoms with Crippen molar-refractivity contribution in [2.75, 3.05) is 13.2 Å². The van der Waals surface area contributed by atoms with Crippen LogP contribution in [0, 0.1) is 17.8 Å². The van der Waals surface area contributed by atoms with Gasteiger partial charge in [-0.1, -0.05) is 0 Å². The van der Waals surface area contributed by atoms with Gasteiger partial charge in [0.05, 0.1) is 19.3 Å². The van der Waals surface area contributed by atoms with Crippen LogP contribution in [0.1, 0.15) is 12.8 Å². The molecule has 2 saturated heterocycles. The minimum absolute atomic E-state index is 0.00546. The third kappa shape index (κ3) is 0.817. The van der Waals surface area contributed by atoms with Crippen LogP contribution in [0.2, 0.25) is 0 Å². The zero-order chi connectivity index (χ0) is 8.13. The Hall–Kier alpha value is -0.120. The third-order valence-corrected chi connectivity index (χ3v) is 3.60. The van der Waals surface area contributed by atoms with Gasteiger partial charge in [-0.3, -0.25) is 0 Å². The van der Waals surface area contributed by atoms with Gasteiger partial charge in [-0.25, -0.2) is 0 Å². The number of hydrogen-bond acceptors (Lipinski definition) is 3. The smallest absolute Gasteiger partial charge is 0.161 e. The van der Waals surface area contributed by atoms with Gasteiger partial charge in [-0.05, 0) is 24.7 Å². The van der Waals surface area contributed by atoms with Crippen molar-refractivity contribution in [1.82, 2.24) is 0 Å². The maximum Gasteiger partial charge on any atom is 0.161 e. The first-order valence-corrected chi connectivity index (χ1v) is 4.77. The van der Waals surface area contributed by atoms with E-state index in [9.17, 15) is 5.11 Å². The molecule has 0 radical (unpaired) electrons. The second kappa shape index (κ2) is 2.44. The highest BCUT2D eigenvalue weighted by Gasteiger charge is 2.52. The van der Waals surface area contributed by atoms with E-state index in [2.05, 4.69) is 0 Å². The molecule has 3 fully saturated rings. The molecule has 3 nitrogen and oxygen atoms in total. The number of rotatable bonds is 0. The van der Waals surface area contributed by atoms with Crippen LogP contribution in [0.5, 0.6) is 0 Å². The molecule has 0 aromatic heterocycles. The minimum atomic E-state index is -0.0877. The maximum absolute atomic E-state index is 9.74. The van der Waals surface area contributed by atoms with Gasteiger partial charge in [0.15, 0.2) is 6.29 Å². The second-order valence-electron chi connectivity index (χ2n) is 4.17. The summed E-state index contributed by atoms with van der Waals surface area (Å²) in [6.45, 7) is 1.55. The summed E-state index contributed by atoms with van der Waals surface area (Å²) < 4.78 is 11.0. The second-order valence-corrected chi connectivity index (χ2v) is 4.17. The van der Waals surface area contributed by atoms with Crippen molar-refractivity contribution >= 4 is 0 Å². The molecular formula is C9H14O3. The molecule has 0 spiro atoms. The molecule has 0 amide bonds. The van der Waals surface area contributed by atoms with E-state index in [0.29, 0.717) is 17.8 Å². The van der Waals surface area contributed by atoms with E-state index < -0.39 is 0 Å². The van der Waals surface area contributed by atoms with Crippen LogP contribution < -0.4 is 0 Å². The molecule has 1 saturated carbocycles. The van der Waals surface area contributed by atoms with Crippen LogP contribution in [0.3, 0.4) is 0 Å². The van der Waals surface area contributed by atoms with Crippen molar-refractivity contribution in [3.8, 4) is 0 Å². The Morgan fingerprint density at radius 1 is 1.25 bits per heavy atom. The predicted molar refractivity (Wildman–Crippen MR) is 41.4 cm³/mol. The van der Waals surface area contributed by atoms with E-state index >= 15 is 0 Å². The Morgan fingerprint density at radius 2 is 2.17 bits per heavy atom. The highest BCUT2D eigenvalue weighted by Crippen LogP contribution is 2.48. The van der Waals surface area contributed by atoms with Gasteiger partial charge in [0, 0.05) is 5.92 Å². The Bertz CT molecular complexity index is 190. The average Bonchev–Trinajstić information content (AvgIpc) is 2.61. The van der Waals surface area contributed by atoms with Crippen LogP contribution in [-0.4, -0.2) is 30.7 Å². The first kappa shape index (κ1) is 7.30. The fraction of sp³-hybridized carbons (Fsp3) is 1.00. The molecule has 68 valence electrons. The lowest BCUT2D eigenvalue weighted by atomic mass is 9.87. The summed E-state index contributed by atoms with van der Waals surface area (Å²) in [5, 5.41) is 9.74. The molecular weight excluding hydrogens is 156 g/mol. The highest BCUT2D eigenvalue weighted by atomic mass is 16.7. The molecule has 0 bridgehead atoms. The number of aliphatic hydroxyl groups is 1. The van der Waals surface area contributed by atoms with Crippen LogP contribution in [0.15, 0.2) is 0 Å². The maximum atomic E-state index is 9.74. The standard InChI is InChI=1S/C9H14O3/c10-7-3-5-4-12-9-8(5)6(7)1-2-11-9/h5-10H,1-4H2/t5-,6-,7-,8?,9+/m0/s1. The lowest BCUT2D eigenvalue weighted by Gasteiger charge is -2.31. The van der Waals surface area contributed by atoms with Crippen molar-refractivity contribution in [2.45, 2.75) is 25.2 Å². The molecule has 3 aliphatic rings. The number of ether oxygens (including phenoxy) is 2. The van der Waals surface area contributed by atoms with Crippen LogP contribution >= 0.6 is 0 Å². The third-order valence-electron chi connectivity index (χ3n) is 3.60. The van der Waals surface area contributed by atoms with E-state index in [4.69, 9.17) is 9.47 Å². The van der Waals surface area contributed by atoms with Crippen molar-refractivity contribution in [2.24, 2.45) is 17.8 Å². The Morgan fingerprint density at radius 3 is 3.08 bits per heavy atom. The van der Waals surface area contributed by atoms with E-state index in [-0.39, 0.29) is 12.4 Å². The molecule has 2 heterocycles. The van der Waals surface area contributed by atoms with E-state index in [1.54, 1.807) is 0 Å². The molecule has 0 aromatic carbocycles. The van der Waals surface area contributed by atoms with Gasteiger partial charge in [-0.15, -0.1) is 0 Å². The fourth-order valence-corrected chi connectivity index (χ4v) is 3.05. The van der Waals surface area contributed by atoms with Crippen LogP contribution in [0.4, 0.5) is 0 Å². The summed E-state index contributed by atoms with van der Waals surface area (Å²) >= 11 is 0. The van der Waals surface area contributed by atoms with Crippen molar-refractivity contribution in [1.29, 1.82) is 0 Å². The lowest BCUT2D eigenvalue weighted by Crippen LogP contribution is -2.35. The fourth-order valence-electron chi connectivity index (χ4n) is 3.05. The number of hydrogen-bond donors (Lipinski definition) is 1. The number of aliphatic hydroxyl groups excluding tert-OH is 1. The summed E-state index contributed by atoms with van der Waals surface area (Å²) in [6, 6.07) is 0. The van der Waals surface area contributed by atoms with Gasteiger partial charge in [0.25, 0.3) is 0 Å². The first-order chi connectivity index (χ1) is 5.86. The van der Waals surface area contributed by atoms with Crippen LogP contribution in [-0.2, 0) is 9.47 Å². The van der Waals surface area contributed by atoms with Gasteiger partial charge in [-0.2, -0.15) is 0 Å². The summed E-state index contributed by atoms with van der Waals surface area (Å²) in [5.74, 6) is 1.51. The average molecular weight is 170 g/mol. The molecule has 1 unspecified atom stereocenters. The summed E-state index contributed by atoms with van der Waals surface area (Å²) in [6.07, 6.45) is 1.86. The predicted octanol–water partition coefficient (Wildman–Crippen LogP) is 0.376. The van der Waals surface area contributed by atoms with E-state index in [1.165, 1.54) is 0 Å². The zero-order valence-electron chi connectivity index (χ0n) is 6.98. The Labute approximate surface area is 71.7 Å². The SMILES string of the molecule is O[C@H]1C[C@H]2CO[C@H]3OCC[C@@H]1C23. The molecule has 12 heavy (non-hydrogen) atoms. The highest BCUT2D eigenvalue weighted by molar-refractivity contribution is 4.97. The molecule has 2 aliphatic heterocycles. The van der Waals surface area contributed by atoms with Crippen molar-refractivity contribution < 1.29 is 14.6 Å². The molecule has 3 heteroatoms. The molecule has 5 atom stereocenters. The molecule has 1 aliphatic carbocycles. The summed E-state index contributed by atoms with van der Waals surface area (Å²) in [4.78, 5) is 0. The van der Waals surface area contributed by atoms with Gasteiger partial charge in [0.2, 0.25) is 0 Å². The van der Waals surface area contributed by atoms with Gasteiger partial charge >= 0.3 is 0 Å². The van der Waals surface area contributed by atoms with Crippen LogP contribution in [0.25, 0.3) is 0 Å². The van der Waals surface area contributed by atoms with Gasteiger partial charge < -0.3 is 14.6 Å². The zero-order valence-corrected chi connectivity index (χ0v) is 6.98. The molecule has 1 N–H and O–H groups in total. The minimum Gasteiger partial charge on any atom is -0.393 e. The summed E-state index contributed by atoms with van der Waals surface area (Å²) in [7, 11) is 0. The van der Waals surface area contributed by atoms with E-state index in [0.717, 1.165) is 26.1 Å². The largest absolute Gasteiger partial charge is 0.393 e. The summed E-state index contributed by atoms with van der Waals surface area (Å²) in [5.41, 5.74) is 0. The topological polar surface area (TPSA) is 38.7 Å². The Balaban J connectivity index is 1.89.